The third-order valence-electron chi connectivity index (χ3n) is 5.53. The summed E-state index contributed by atoms with van der Waals surface area (Å²) < 4.78 is 33.3. The van der Waals surface area contributed by atoms with E-state index < -0.39 is 10.0 Å². The van der Waals surface area contributed by atoms with Gasteiger partial charge in [-0.15, -0.1) is 0 Å². The minimum atomic E-state index is -3.68. The minimum absolute atomic E-state index is 0.190. The lowest BCUT2D eigenvalue weighted by Crippen LogP contribution is -2.26. The Labute approximate surface area is 197 Å². The van der Waals surface area contributed by atoms with Crippen molar-refractivity contribution in [1.82, 2.24) is 5.01 Å². The molecule has 0 saturated heterocycles. The average Bonchev–Trinajstić information content (AvgIpc) is 3.55. The molecule has 170 valence electrons. The third-order valence-corrected chi connectivity index (χ3v) is 6.93. The summed E-state index contributed by atoms with van der Waals surface area (Å²) in [6.45, 7) is 0. The standard InChI is InChI=1S/C26H21N3O4S/c30-26(20-8-3-1-4-9-20)29-24(25-12-7-17-33-25)18-23(27-29)19-13-15-21(16-14-19)28-34(31,32)22-10-5-2-6-11-22/h1-17,24,28H,18H2/t24-/m0/s1. The Morgan fingerprint density at radius 2 is 1.56 bits per heavy atom. The number of carbonyl (C=O) groups excluding carboxylic acids is 1. The molecule has 1 amide bonds. The van der Waals surface area contributed by atoms with Gasteiger partial charge in [0, 0.05) is 17.7 Å². The molecule has 5 rings (SSSR count). The van der Waals surface area contributed by atoms with Crippen molar-refractivity contribution in [3.63, 3.8) is 0 Å². The van der Waals surface area contributed by atoms with Gasteiger partial charge in [0.15, 0.2) is 0 Å². The minimum Gasteiger partial charge on any atom is -0.467 e. The van der Waals surface area contributed by atoms with Crippen molar-refractivity contribution in [2.24, 2.45) is 5.10 Å². The first-order chi connectivity index (χ1) is 16.5. The van der Waals surface area contributed by atoms with Crippen molar-refractivity contribution >= 4 is 27.3 Å². The highest BCUT2D eigenvalue weighted by Gasteiger charge is 2.35. The number of amides is 1. The SMILES string of the molecule is O=C(c1ccccc1)N1N=C(c2ccc(NS(=O)(=O)c3ccccc3)cc2)C[C@H]1c1ccco1. The van der Waals surface area contributed by atoms with E-state index in [-0.39, 0.29) is 16.8 Å². The first-order valence-electron chi connectivity index (χ1n) is 10.7. The van der Waals surface area contributed by atoms with Gasteiger partial charge < -0.3 is 4.42 Å². The molecule has 0 unspecified atom stereocenters. The summed E-state index contributed by atoms with van der Waals surface area (Å²) in [7, 11) is -3.68. The van der Waals surface area contributed by atoms with Gasteiger partial charge in [-0.2, -0.15) is 5.10 Å². The summed E-state index contributed by atoms with van der Waals surface area (Å²) in [4.78, 5) is 13.4. The van der Waals surface area contributed by atoms with Crippen LogP contribution in [0.25, 0.3) is 0 Å². The van der Waals surface area contributed by atoms with Crippen LogP contribution in [0, 0.1) is 0 Å². The number of furan rings is 1. The van der Waals surface area contributed by atoms with E-state index >= 15 is 0 Å². The van der Waals surface area contributed by atoms with Crippen LogP contribution >= 0.6 is 0 Å². The zero-order valence-corrected chi connectivity index (χ0v) is 18.9. The Morgan fingerprint density at radius 3 is 2.21 bits per heavy atom. The highest BCUT2D eigenvalue weighted by molar-refractivity contribution is 7.92. The zero-order valence-electron chi connectivity index (χ0n) is 18.0. The number of benzene rings is 3. The fourth-order valence-electron chi connectivity index (χ4n) is 3.83. The molecule has 0 spiro atoms. The smallest absolute Gasteiger partial charge is 0.274 e. The Bertz CT molecular complexity index is 1420. The fourth-order valence-corrected chi connectivity index (χ4v) is 4.91. The monoisotopic (exact) mass is 471 g/mol. The zero-order chi connectivity index (χ0) is 23.5. The predicted molar refractivity (Wildman–Crippen MR) is 129 cm³/mol. The molecular weight excluding hydrogens is 450 g/mol. The summed E-state index contributed by atoms with van der Waals surface area (Å²) in [5, 5.41) is 6.08. The first-order valence-corrected chi connectivity index (χ1v) is 12.2. The Balaban J connectivity index is 1.40. The Morgan fingerprint density at radius 1 is 0.882 bits per heavy atom. The van der Waals surface area contributed by atoms with Gasteiger partial charge in [0.2, 0.25) is 0 Å². The normalized spacial score (nSPS) is 15.7. The van der Waals surface area contributed by atoms with Crippen LogP contribution in [0.2, 0.25) is 0 Å². The highest BCUT2D eigenvalue weighted by atomic mass is 32.2. The molecule has 0 bridgehead atoms. The van der Waals surface area contributed by atoms with E-state index in [1.165, 1.54) is 17.1 Å². The van der Waals surface area contributed by atoms with Gasteiger partial charge in [-0.25, -0.2) is 13.4 Å². The molecule has 1 N–H and O–H groups in total. The number of nitrogens with one attached hydrogen (secondary N) is 1. The molecule has 8 heteroatoms. The van der Waals surface area contributed by atoms with Crippen LogP contribution in [-0.4, -0.2) is 25.0 Å². The lowest BCUT2D eigenvalue weighted by molar-refractivity contribution is 0.0693. The second-order valence-electron chi connectivity index (χ2n) is 7.79. The van der Waals surface area contributed by atoms with Crippen LogP contribution in [0.1, 0.15) is 34.1 Å². The van der Waals surface area contributed by atoms with E-state index in [0.717, 1.165) is 5.56 Å². The average molecular weight is 472 g/mol. The Hall–Kier alpha value is -4.17. The van der Waals surface area contributed by atoms with Gasteiger partial charge in [-0.05, 0) is 54.1 Å². The van der Waals surface area contributed by atoms with Crippen molar-refractivity contribution in [3.8, 4) is 0 Å². The molecule has 34 heavy (non-hydrogen) atoms. The summed E-state index contributed by atoms with van der Waals surface area (Å²) in [5.74, 6) is 0.430. The van der Waals surface area contributed by atoms with Crippen molar-refractivity contribution in [2.45, 2.75) is 17.4 Å². The fraction of sp³-hybridized carbons (Fsp3) is 0.0769. The largest absolute Gasteiger partial charge is 0.467 e. The highest BCUT2D eigenvalue weighted by Crippen LogP contribution is 2.34. The summed E-state index contributed by atoms with van der Waals surface area (Å²) in [5.41, 5.74) is 2.48. The molecule has 3 aromatic carbocycles. The summed E-state index contributed by atoms with van der Waals surface area (Å²) in [6, 6.07) is 27.4. The van der Waals surface area contributed by atoms with Crippen LogP contribution in [0.15, 0.2) is 118 Å². The predicted octanol–water partition coefficient (Wildman–Crippen LogP) is 5.07. The lowest BCUT2D eigenvalue weighted by Gasteiger charge is -2.19. The topological polar surface area (TPSA) is 92.0 Å². The molecule has 0 aliphatic carbocycles. The number of hydrogen-bond donors (Lipinski definition) is 1. The van der Waals surface area contributed by atoms with Crippen LogP contribution < -0.4 is 4.72 Å². The van der Waals surface area contributed by atoms with Crippen LogP contribution in [0.5, 0.6) is 0 Å². The van der Waals surface area contributed by atoms with Gasteiger partial charge >= 0.3 is 0 Å². The molecule has 1 aliphatic heterocycles. The molecule has 0 fully saturated rings. The second kappa shape index (κ2) is 8.99. The molecule has 1 atom stereocenters. The molecule has 4 aromatic rings. The maximum atomic E-state index is 13.2. The Kier molecular flexibility index (Phi) is 5.73. The van der Waals surface area contributed by atoms with Crippen LogP contribution in [0.4, 0.5) is 5.69 Å². The number of hydrogen-bond acceptors (Lipinski definition) is 5. The maximum Gasteiger partial charge on any atom is 0.274 e. The van der Waals surface area contributed by atoms with Crippen molar-refractivity contribution in [1.29, 1.82) is 0 Å². The van der Waals surface area contributed by atoms with Gasteiger partial charge in [0.25, 0.3) is 15.9 Å². The van der Waals surface area contributed by atoms with E-state index in [2.05, 4.69) is 9.82 Å². The number of sulfonamides is 1. The first kappa shape index (κ1) is 21.7. The summed E-state index contributed by atoms with van der Waals surface area (Å²) >= 11 is 0. The molecular formula is C26H21N3O4S. The van der Waals surface area contributed by atoms with E-state index in [1.54, 1.807) is 66.9 Å². The van der Waals surface area contributed by atoms with Crippen molar-refractivity contribution < 1.29 is 17.6 Å². The number of rotatable bonds is 6. The van der Waals surface area contributed by atoms with Crippen LogP contribution in [-0.2, 0) is 10.0 Å². The van der Waals surface area contributed by atoms with E-state index in [9.17, 15) is 13.2 Å². The molecule has 1 aliphatic rings. The molecule has 0 radical (unpaired) electrons. The van der Waals surface area contributed by atoms with Gasteiger partial charge in [0.05, 0.1) is 16.9 Å². The number of hydrazone groups is 1. The maximum absolute atomic E-state index is 13.2. The quantitative estimate of drug-likeness (QED) is 0.425. The molecule has 0 saturated carbocycles. The van der Waals surface area contributed by atoms with E-state index in [1.807, 2.05) is 24.3 Å². The van der Waals surface area contributed by atoms with E-state index in [4.69, 9.17) is 4.42 Å². The van der Waals surface area contributed by atoms with E-state index in [0.29, 0.717) is 29.1 Å². The van der Waals surface area contributed by atoms with Crippen molar-refractivity contribution in [3.05, 3.63) is 120 Å². The lowest BCUT2D eigenvalue weighted by atomic mass is 10.0. The third kappa shape index (κ3) is 4.35. The molecule has 7 nitrogen and oxygen atoms in total. The molecule has 2 heterocycles. The van der Waals surface area contributed by atoms with Gasteiger partial charge in [-0.1, -0.05) is 48.5 Å². The van der Waals surface area contributed by atoms with Gasteiger partial charge in [0.1, 0.15) is 11.8 Å². The summed E-state index contributed by atoms with van der Waals surface area (Å²) in [6.07, 6.45) is 2.05. The number of anilines is 1. The number of carbonyl (C=O) groups is 1. The number of nitrogens with zero attached hydrogens (tertiary/aromatic N) is 2. The van der Waals surface area contributed by atoms with Crippen LogP contribution in [0.3, 0.4) is 0 Å². The second-order valence-corrected chi connectivity index (χ2v) is 9.48. The van der Waals surface area contributed by atoms with Gasteiger partial charge in [-0.3, -0.25) is 9.52 Å². The molecule has 1 aromatic heterocycles. The van der Waals surface area contributed by atoms with Crippen molar-refractivity contribution in [2.75, 3.05) is 4.72 Å².